The highest BCUT2D eigenvalue weighted by Gasteiger charge is 2.13. The monoisotopic (exact) mass is 387 g/mol. The van der Waals surface area contributed by atoms with Crippen molar-refractivity contribution in [1.82, 2.24) is 9.97 Å². The van der Waals surface area contributed by atoms with Gasteiger partial charge in [-0.1, -0.05) is 31.9 Å². The van der Waals surface area contributed by atoms with Crippen LogP contribution in [0.2, 0.25) is 5.02 Å². The lowest BCUT2D eigenvalue weighted by Gasteiger charge is -2.18. The summed E-state index contributed by atoms with van der Waals surface area (Å²) in [6.45, 7) is 6.71. The summed E-state index contributed by atoms with van der Waals surface area (Å²) in [6.07, 6.45) is 4.49. The maximum absolute atomic E-state index is 8.94. The first kappa shape index (κ1) is 20.9. The SMILES string of the molecule is CCCC(N)CC(C)COc1ncnc(Nc2ccc(C#N)cc2Cl)c1C. The highest BCUT2D eigenvalue weighted by atomic mass is 35.5. The molecule has 27 heavy (non-hydrogen) atoms. The molecule has 3 N–H and O–H groups in total. The van der Waals surface area contributed by atoms with Gasteiger partial charge in [0.25, 0.3) is 0 Å². The molecule has 7 heteroatoms. The Bertz CT molecular complexity index is 805. The third-order valence-electron chi connectivity index (χ3n) is 4.26. The van der Waals surface area contributed by atoms with E-state index in [-0.39, 0.29) is 6.04 Å². The molecule has 0 saturated heterocycles. The minimum absolute atomic E-state index is 0.204. The minimum atomic E-state index is 0.204. The van der Waals surface area contributed by atoms with Crippen LogP contribution in [0.5, 0.6) is 5.88 Å². The van der Waals surface area contributed by atoms with E-state index in [0.717, 1.165) is 24.8 Å². The fraction of sp³-hybridized carbons (Fsp3) is 0.450. The third-order valence-corrected chi connectivity index (χ3v) is 4.57. The van der Waals surface area contributed by atoms with Crippen LogP contribution in [0.15, 0.2) is 24.5 Å². The number of rotatable bonds is 9. The van der Waals surface area contributed by atoms with E-state index in [1.54, 1.807) is 18.2 Å². The number of nitrogens with two attached hydrogens (primary N) is 1. The van der Waals surface area contributed by atoms with Crippen LogP contribution in [0.25, 0.3) is 0 Å². The van der Waals surface area contributed by atoms with Gasteiger partial charge in [-0.05, 0) is 43.9 Å². The Labute approximate surface area is 165 Å². The van der Waals surface area contributed by atoms with Gasteiger partial charge in [0.15, 0.2) is 0 Å². The molecule has 1 heterocycles. The molecule has 0 spiro atoms. The van der Waals surface area contributed by atoms with Crippen molar-refractivity contribution in [3.63, 3.8) is 0 Å². The molecule has 0 bridgehead atoms. The zero-order valence-corrected chi connectivity index (χ0v) is 16.8. The lowest BCUT2D eigenvalue weighted by atomic mass is 10.00. The molecule has 0 aliphatic rings. The van der Waals surface area contributed by atoms with E-state index in [2.05, 4.69) is 35.2 Å². The maximum atomic E-state index is 8.94. The average molecular weight is 388 g/mol. The highest BCUT2D eigenvalue weighted by molar-refractivity contribution is 6.33. The maximum Gasteiger partial charge on any atom is 0.221 e. The first-order valence-electron chi connectivity index (χ1n) is 9.11. The van der Waals surface area contributed by atoms with Crippen LogP contribution in [-0.4, -0.2) is 22.6 Å². The van der Waals surface area contributed by atoms with Gasteiger partial charge in [0.05, 0.1) is 34.5 Å². The van der Waals surface area contributed by atoms with Crippen LogP contribution >= 0.6 is 11.6 Å². The molecule has 2 rings (SSSR count). The molecular weight excluding hydrogens is 362 g/mol. The second-order valence-corrected chi connectivity index (χ2v) is 7.19. The number of anilines is 2. The van der Waals surface area contributed by atoms with Crippen LogP contribution < -0.4 is 15.8 Å². The van der Waals surface area contributed by atoms with E-state index in [9.17, 15) is 0 Å². The van der Waals surface area contributed by atoms with Crippen LogP contribution in [0.3, 0.4) is 0 Å². The number of ether oxygens (including phenoxy) is 1. The van der Waals surface area contributed by atoms with Gasteiger partial charge in [-0.2, -0.15) is 5.26 Å². The number of nitrogens with zero attached hydrogens (tertiary/aromatic N) is 3. The minimum Gasteiger partial charge on any atom is -0.477 e. The second-order valence-electron chi connectivity index (χ2n) is 6.78. The molecule has 2 aromatic rings. The number of nitrogens with one attached hydrogen (secondary N) is 1. The molecular formula is C20H26ClN5O. The molecule has 2 atom stereocenters. The van der Waals surface area contributed by atoms with Gasteiger partial charge in [-0.15, -0.1) is 0 Å². The number of nitriles is 1. The van der Waals surface area contributed by atoms with Crippen LogP contribution in [0.1, 0.15) is 44.2 Å². The van der Waals surface area contributed by atoms with E-state index < -0.39 is 0 Å². The number of halogens is 1. The molecule has 0 radical (unpaired) electrons. The molecule has 0 saturated carbocycles. The Morgan fingerprint density at radius 1 is 1.37 bits per heavy atom. The van der Waals surface area contributed by atoms with Gasteiger partial charge >= 0.3 is 0 Å². The Morgan fingerprint density at radius 3 is 2.81 bits per heavy atom. The summed E-state index contributed by atoms with van der Waals surface area (Å²) in [5.41, 5.74) is 8.07. The molecule has 0 amide bonds. The van der Waals surface area contributed by atoms with Gasteiger partial charge < -0.3 is 15.8 Å². The predicted molar refractivity (Wildman–Crippen MR) is 108 cm³/mol. The quantitative estimate of drug-likeness (QED) is 0.653. The fourth-order valence-corrected chi connectivity index (χ4v) is 3.04. The van der Waals surface area contributed by atoms with Crippen molar-refractivity contribution in [3.8, 4) is 11.9 Å². The Morgan fingerprint density at radius 2 is 2.15 bits per heavy atom. The van der Waals surface area contributed by atoms with E-state index in [1.807, 2.05) is 6.92 Å². The molecule has 0 aliphatic carbocycles. The Balaban J connectivity index is 2.04. The number of hydrogen-bond acceptors (Lipinski definition) is 6. The molecule has 144 valence electrons. The summed E-state index contributed by atoms with van der Waals surface area (Å²) in [6, 6.07) is 7.32. The van der Waals surface area contributed by atoms with E-state index in [1.165, 1.54) is 6.33 Å². The summed E-state index contributed by atoms with van der Waals surface area (Å²) in [5, 5.41) is 12.6. The van der Waals surface area contributed by atoms with Crippen LogP contribution in [-0.2, 0) is 0 Å². The van der Waals surface area contributed by atoms with Crippen molar-refractivity contribution in [3.05, 3.63) is 40.7 Å². The molecule has 2 unspecified atom stereocenters. The molecule has 1 aromatic carbocycles. The normalized spacial score (nSPS) is 12.9. The largest absolute Gasteiger partial charge is 0.477 e. The third kappa shape index (κ3) is 6.09. The summed E-state index contributed by atoms with van der Waals surface area (Å²) in [7, 11) is 0. The topological polar surface area (TPSA) is 96.8 Å². The van der Waals surface area contributed by atoms with Crippen molar-refractivity contribution in [2.24, 2.45) is 11.7 Å². The van der Waals surface area contributed by atoms with E-state index >= 15 is 0 Å². The summed E-state index contributed by atoms with van der Waals surface area (Å²) < 4.78 is 5.90. The molecule has 0 fully saturated rings. The van der Waals surface area contributed by atoms with E-state index in [4.69, 9.17) is 27.3 Å². The Kier molecular flexibility index (Phi) is 7.83. The van der Waals surface area contributed by atoms with Crippen molar-refractivity contribution in [2.45, 2.75) is 46.1 Å². The lowest BCUT2D eigenvalue weighted by Crippen LogP contribution is -2.25. The zero-order valence-electron chi connectivity index (χ0n) is 16.0. The fourth-order valence-electron chi connectivity index (χ4n) is 2.81. The van der Waals surface area contributed by atoms with Gasteiger partial charge in [0.2, 0.25) is 5.88 Å². The van der Waals surface area contributed by atoms with Gasteiger partial charge in [0, 0.05) is 6.04 Å². The molecule has 6 nitrogen and oxygen atoms in total. The van der Waals surface area contributed by atoms with Crippen molar-refractivity contribution >= 4 is 23.1 Å². The summed E-state index contributed by atoms with van der Waals surface area (Å²) >= 11 is 6.23. The van der Waals surface area contributed by atoms with Crippen LogP contribution in [0.4, 0.5) is 11.5 Å². The Hall–Kier alpha value is -2.36. The highest BCUT2D eigenvalue weighted by Crippen LogP contribution is 2.29. The molecule has 1 aromatic heterocycles. The molecule has 0 aliphatic heterocycles. The van der Waals surface area contributed by atoms with Gasteiger partial charge in [0.1, 0.15) is 12.1 Å². The second kappa shape index (κ2) is 10.1. The first-order valence-corrected chi connectivity index (χ1v) is 9.49. The predicted octanol–water partition coefficient (Wildman–Crippen LogP) is 4.59. The first-order chi connectivity index (χ1) is 12.9. The summed E-state index contributed by atoms with van der Waals surface area (Å²) in [5.74, 6) is 1.49. The number of aromatic nitrogens is 2. The zero-order chi connectivity index (χ0) is 19.8. The smallest absolute Gasteiger partial charge is 0.221 e. The summed E-state index contributed by atoms with van der Waals surface area (Å²) in [4.78, 5) is 8.51. The lowest BCUT2D eigenvalue weighted by molar-refractivity contribution is 0.233. The van der Waals surface area contributed by atoms with E-state index in [0.29, 0.717) is 40.5 Å². The van der Waals surface area contributed by atoms with Crippen LogP contribution in [0, 0.1) is 24.2 Å². The van der Waals surface area contributed by atoms with Crippen molar-refractivity contribution in [2.75, 3.05) is 11.9 Å². The standard InChI is InChI=1S/C20H26ClN5O/c1-4-5-16(23)8-13(2)11-27-20-14(3)19(24-12-25-20)26-18-7-6-15(10-22)9-17(18)21/h6-7,9,12-13,16H,4-5,8,11,23H2,1-3H3,(H,24,25,26). The van der Waals surface area contributed by atoms with Gasteiger partial charge in [-0.25, -0.2) is 9.97 Å². The van der Waals surface area contributed by atoms with Gasteiger partial charge in [-0.3, -0.25) is 0 Å². The van der Waals surface area contributed by atoms with Crippen molar-refractivity contribution in [1.29, 1.82) is 5.26 Å². The van der Waals surface area contributed by atoms with Crippen molar-refractivity contribution < 1.29 is 4.74 Å². The number of hydrogen-bond donors (Lipinski definition) is 2. The number of benzene rings is 1. The average Bonchev–Trinajstić information content (AvgIpc) is 2.64.